The van der Waals surface area contributed by atoms with Gasteiger partial charge in [0.15, 0.2) is 10.8 Å². The van der Waals surface area contributed by atoms with E-state index in [0.717, 1.165) is 28.2 Å². The predicted octanol–water partition coefficient (Wildman–Crippen LogP) is -1.31. The smallest absolute Gasteiger partial charge is 0.418 e. The molecule has 3 aromatic rings. The molecular formula is C28H38N10O10S2. The maximum absolute atomic E-state index is 13.3. The van der Waals surface area contributed by atoms with Crippen LogP contribution < -0.4 is 32.9 Å². The Morgan fingerprint density at radius 3 is 2.38 bits per heavy atom. The van der Waals surface area contributed by atoms with Crippen LogP contribution in [0.2, 0.25) is 0 Å². The highest BCUT2D eigenvalue weighted by molar-refractivity contribution is 7.80. The minimum atomic E-state index is -5.03. The second-order valence-corrected chi connectivity index (χ2v) is 13.5. The summed E-state index contributed by atoms with van der Waals surface area (Å²) in [6, 6.07) is 5.52. The highest BCUT2D eigenvalue weighted by Crippen LogP contribution is 2.33. The Balaban J connectivity index is 1.47. The molecule has 1 aromatic carbocycles. The van der Waals surface area contributed by atoms with Crippen LogP contribution in [-0.2, 0) is 47.5 Å². The van der Waals surface area contributed by atoms with Crippen molar-refractivity contribution in [3.05, 3.63) is 47.2 Å². The number of nitrogen functional groups attached to an aromatic ring is 1. The minimum Gasteiger partial charge on any atom is -0.489 e. The zero-order chi connectivity index (χ0) is 37.0. The summed E-state index contributed by atoms with van der Waals surface area (Å²) in [7, 11) is -1.46. The van der Waals surface area contributed by atoms with Gasteiger partial charge in [0.25, 0.3) is 17.9 Å². The van der Waals surface area contributed by atoms with Crippen LogP contribution in [0, 0.1) is 5.92 Å². The summed E-state index contributed by atoms with van der Waals surface area (Å²) in [5, 5.41) is 17.7. The third kappa shape index (κ3) is 8.46. The summed E-state index contributed by atoms with van der Waals surface area (Å²) in [5.41, 5.74) is 17.7. The lowest BCUT2D eigenvalue weighted by Gasteiger charge is -2.50. The van der Waals surface area contributed by atoms with Crippen molar-refractivity contribution < 1.29 is 46.3 Å². The molecule has 50 heavy (non-hydrogen) atoms. The first-order valence-electron chi connectivity index (χ1n) is 14.8. The number of carboxylic acids is 1. The van der Waals surface area contributed by atoms with Crippen molar-refractivity contribution in [3.63, 3.8) is 0 Å². The number of rotatable bonds is 16. The molecule has 0 spiro atoms. The number of carboxylic acid groups (broad SMARTS) is 1. The number of β-lactam (4-membered cyclic amide) rings is 1. The summed E-state index contributed by atoms with van der Waals surface area (Å²) in [6.45, 7) is 3.65. The monoisotopic (exact) mass is 738 g/mol. The molecule has 22 heteroatoms. The Morgan fingerprint density at radius 1 is 1.20 bits per heavy atom. The lowest BCUT2D eigenvalue weighted by Crippen LogP contribution is -2.76. The minimum absolute atomic E-state index is 0.0515. The average molecular weight is 739 g/mol. The average Bonchev–Trinajstić information content (AvgIpc) is 3.63. The predicted molar refractivity (Wildman–Crippen MR) is 178 cm³/mol. The normalized spacial score (nSPS) is 17.1. The van der Waals surface area contributed by atoms with E-state index in [4.69, 9.17) is 31.3 Å². The molecule has 2 amide bonds. The van der Waals surface area contributed by atoms with Crippen molar-refractivity contribution in [1.82, 2.24) is 24.5 Å². The molecule has 272 valence electrons. The molecule has 2 unspecified atom stereocenters. The van der Waals surface area contributed by atoms with Gasteiger partial charge in [0, 0.05) is 38.1 Å². The number of hydrogen-bond donors (Lipinski definition) is 6. The van der Waals surface area contributed by atoms with Crippen molar-refractivity contribution in [2.24, 2.45) is 34.6 Å². The molecule has 1 fully saturated rings. The van der Waals surface area contributed by atoms with E-state index in [0.29, 0.717) is 30.4 Å². The number of hydroxylamine groups is 2. The third-order valence-corrected chi connectivity index (χ3v) is 8.73. The fourth-order valence-corrected chi connectivity index (χ4v) is 5.98. The molecule has 0 radical (unpaired) electrons. The van der Waals surface area contributed by atoms with Crippen molar-refractivity contribution in [3.8, 4) is 17.0 Å². The molecule has 0 bridgehead atoms. The van der Waals surface area contributed by atoms with Gasteiger partial charge in [0.2, 0.25) is 5.62 Å². The number of nitrogens with two attached hydrogens (primary N) is 3. The van der Waals surface area contributed by atoms with E-state index < -0.39 is 58.2 Å². The largest absolute Gasteiger partial charge is 0.489 e. The number of aromatic nitrogens is 3. The molecule has 4 rings (SSSR count). The molecule has 1 aliphatic heterocycles. The Kier molecular flexibility index (Phi) is 11.6. The fraction of sp³-hybridized carbons (Fsp3) is 0.429. The van der Waals surface area contributed by atoms with E-state index in [9.17, 15) is 27.9 Å². The summed E-state index contributed by atoms with van der Waals surface area (Å²) >= 11 is 0.953. The van der Waals surface area contributed by atoms with Crippen molar-refractivity contribution >= 4 is 50.4 Å². The first-order chi connectivity index (χ1) is 23.5. The van der Waals surface area contributed by atoms with Crippen LogP contribution in [0.25, 0.3) is 11.3 Å². The first-order valence-corrected chi connectivity index (χ1v) is 17.1. The number of ether oxygens (including phenoxy) is 1. The van der Waals surface area contributed by atoms with Gasteiger partial charge in [0.1, 0.15) is 24.1 Å². The number of aliphatic carboxylic acids is 1. The van der Waals surface area contributed by atoms with E-state index in [1.54, 1.807) is 31.3 Å². The van der Waals surface area contributed by atoms with Gasteiger partial charge in [-0.3, -0.25) is 19.1 Å². The Bertz CT molecular complexity index is 1930. The fourth-order valence-electron chi connectivity index (χ4n) is 4.97. The lowest BCUT2D eigenvalue weighted by molar-refractivity contribution is -0.218. The molecule has 2 atom stereocenters. The SMILES string of the molecule is C/N=c1/n(CC(CN)CN)cc(-c2ccc(OCC(O/N=C(\C(=O)NC3C(=O)N(OS(=O)(=O)O)C3(C)C)c3csc(N)n3)C(=O)O)cc2)n1C. The Labute approximate surface area is 290 Å². The molecular weight excluding hydrogens is 701 g/mol. The molecule has 0 aliphatic carbocycles. The number of oxime groups is 1. The van der Waals surface area contributed by atoms with Gasteiger partial charge < -0.3 is 46.3 Å². The standard InChI is InChI=1S/C28H38N10O10S2/c1-28(2)22(24(40)38(28)48-50(43,44)45)34-23(39)21(18-14-49-26(31)33-18)35-47-20(25(41)42)13-46-17-7-5-16(6-8-17)19-12-37(11-15(9-29)10-30)27(32-3)36(19)4/h5-8,12,14-15,20,22H,9-11,13,29-30H2,1-4H3,(H2,31,33)(H,34,39)(H,41,42)(H,43,44,45)/b32-27+,35-21-. The maximum Gasteiger partial charge on any atom is 0.418 e. The number of thiazole rings is 1. The lowest BCUT2D eigenvalue weighted by atomic mass is 9.84. The molecule has 1 saturated heterocycles. The van der Waals surface area contributed by atoms with Crippen molar-refractivity contribution in [2.45, 2.75) is 38.1 Å². The van der Waals surface area contributed by atoms with Crippen LogP contribution >= 0.6 is 11.3 Å². The maximum atomic E-state index is 13.3. The van der Waals surface area contributed by atoms with Crippen LogP contribution in [-0.4, -0.2) is 105 Å². The number of nitrogens with one attached hydrogen (secondary N) is 1. The van der Waals surface area contributed by atoms with Crippen LogP contribution in [0.4, 0.5) is 5.13 Å². The van der Waals surface area contributed by atoms with Gasteiger partial charge in [-0.05, 0) is 56.8 Å². The summed E-state index contributed by atoms with van der Waals surface area (Å²) in [6.07, 6.45) is 0.241. The van der Waals surface area contributed by atoms with Gasteiger partial charge in [-0.2, -0.15) is 13.5 Å². The van der Waals surface area contributed by atoms with E-state index in [1.807, 2.05) is 22.4 Å². The molecule has 9 N–H and O–H groups in total. The molecule has 2 aromatic heterocycles. The van der Waals surface area contributed by atoms with Crippen LogP contribution in [0.1, 0.15) is 19.5 Å². The van der Waals surface area contributed by atoms with Crippen molar-refractivity contribution in [1.29, 1.82) is 0 Å². The van der Waals surface area contributed by atoms with Gasteiger partial charge in [-0.1, -0.05) is 5.16 Å². The van der Waals surface area contributed by atoms with Gasteiger partial charge >= 0.3 is 16.4 Å². The number of imidazole rings is 1. The quantitative estimate of drug-likeness (QED) is 0.0431. The number of nitrogens with zero attached hydrogens (tertiary/aromatic N) is 6. The highest BCUT2D eigenvalue weighted by atomic mass is 32.3. The highest BCUT2D eigenvalue weighted by Gasteiger charge is 2.58. The number of carbonyl (C=O) groups is 3. The van der Waals surface area contributed by atoms with Gasteiger partial charge in [-0.25, -0.2) is 9.78 Å². The number of hydrogen-bond acceptors (Lipinski definition) is 15. The zero-order valence-corrected chi connectivity index (χ0v) is 29.0. The Hall–Kier alpha value is -4.87. The number of anilines is 1. The first kappa shape index (κ1) is 37.9. The number of benzene rings is 1. The zero-order valence-electron chi connectivity index (χ0n) is 27.4. The summed E-state index contributed by atoms with van der Waals surface area (Å²) in [4.78, 5) is 51.4. The second-order valence-electron chi connectivity index (χ2n) is 11.6. The van der Waals surface area contributed by atoms with E-state index in [-0.39, 0.29) is 16.7 Å². The number of amides is 2. The van der Waals surface area contributed by atoms with Crippen LogP contribution in [0.3, 0.4) is 0 Å². The van der Waals surface area contributed by atoms with E-state index in [1.165, 1.54) is 19.2 Å². The molecule has 0 saturated carbocycles. The molecule has 20 nitrogen and oxygen atoms in total. The van der Waals surface area contributed by atoms with Gasteiger partial charge in [-0.15, -0.1) is 15.6 Å². The summed E-state index contributed by atoms with van der Waals surface area (Å²) < 4.78 is 45.1. The van der Waals surface area contributed by atoms with Crippen LogP contribution in [0.15, 0.2) is 46.0 Å². The second kappa shape index (κ2) is 15.3. The molecule has 1 aliphatic rings. The van der Waals surface area contributed by atoms with Crippen molar-refractivity contribution in [2.75, 3.05) is 32.5 Å². The topological polar surface area (TPSA) is 294 Å². The summed E-state index contributed by atoms with van der Waals surface area (Å²) in [5.74, 6) is -3.11. The number of carbonyl (C=O) groups excluding carboxylic acids is 2. The van der Waals surface area contributed by atoms with E-state index in [2.05, 4.69) is 24.7 Å². The third-order valence-electron chi connectivity index (χ3n) is 7.72. The van der Waals surface area contributed by atoms with Gasteiger partial charge in [0.05, 0.1) is 11.2 Å². The Morgan fingerprint density at radius 2 is 1.86 bits per heavy atom. The molecule has 3 heterocycles. The van der Waals surface area contributed by atoms with Crippen LogP contribution in [0.5, 0.6) is 5.75 Å². The van der Waals surface area contributed by atoms with E-state index >= 15 is 0 Å².